The van der Waals surface area contributed by atoms with Crippen molar-refractivity contribution in [2.75, 3.05) is 13.1 Å². The van der Waals surface area contributed by atoms with E-state index in [1.54, 1.807) is 24.3 Å². The lowest BCUT2D eigenvalue weighted by atomic mass is 9.76. The fourth-order valence-electron chi connectivity index (χ4n) is 5.88. The molecule has 3 aromatic rings. The summed E-state index contributed by atoms with van der Waals surface area (Å²) in [5.74, 6) is -0.276. The normalized spacial score (nSPS) is 19.1. The lowest BCUT2D eigenvalue weighted by molar-refractivity contribution is -0.187. The number of aryl methyl sites for hydroxylation is 1. The predicted molar refractivity (Wildman–Crippen MR) is 138 cm³/mol. The second-order valence-electron chi connectivity index (χ2n) is 11.7. The SMILES string of the molecule is Cn1nc(-c2noc(-c3ccc(CC(N4CCC(CC(=O)O)CC4)C(F)(F)F)cc3)n2)c2c1CC(C)(C)CC2. The summed E-state index contributed by atoms with van der Waals surface area (Å²) in [6.45, 7) is 4.97. The Morgan fingerprint density at radius 3 is 2.54 bits per heavy atom. The highest BCUT2D eigenvalue weighted by atomic mass is 19.4. The maximum Gasteiger partial charge on any atom is 0.404 e. The van der Waals surface area contributed by atoms with Gasteiger partial charge in [0.1, 0.15) is 11.7 Å². The van der Waals surface area contributed by atoms with E-state index in [1.165, 1.54) is 10.6 Å². The second kappa shape index (κ2) is 10.4. The van der Waals surface area contributed by atoms with Gasteiger partial charge in [0.2, 0.25) is 5.82 Å². The van der Waals surface area contributed by atoms with Crippen molar-refractivity contribution in [3.63, 3.8) is 0 Å². The van der Waals surface area contributed by atoms with Gasteiger partial charge in [0.05, 0.1) is 0 Å². The van der Waals surface area contributed by atoms with Gasteiger partial charge in [-0.1, -0.05) is 31.1 Å². The number of rotatable bonds is 7. The zero-order valence-corrected chi connectivity index (χ0v) is 22.5. The number of fused-ring (bicyclic) bond motifs is 1. The van der Waals surface area contributed by atoms with Crippen LogP contribution < -0.4 is 0 Å². The van der Waals surface area contributed by atoms with Crippen LogP contribution in [0, 0.1) is 11.3 Å². The number of likely N-dealkylation sites (tertiary alicyclic amines) is 1. The number of alkyl halides is 3. The third-order valence-corrected chi connectivity index (χ3v) is 8.17. The monoisotopic (exact) mass is 545 g/mol. The minimum Gasteiger partial charge on any atom is -0.481 e. The Bertz CT molecular complexity index is 1320. The lowest BCUT2D eigenvalue weighted by Gasteiger charge is -2.38. The number of halogens is 3. The van der Waals surface area contributed by atoms with Gasteiger partial charge in [-0.15, -0.1) is 0 Å². The van der Waals surface area contributed by atoms with Crippen molar-refractivity contribution in [3.05, 3.63) is 41.1 Å². The molecule has 3 heterocycles. The van der Waals surface area contributed by atoms with E-state index < -0.39 is 18.2 Å². The van der Waals surface area contributed by atoms with E-state index in [4.69, 9.17) is 9.63 Å². The first-order valence-electron chi connectivity index (χ1n) is 13.4. The van der Waals surface area contributed by atoms with Gasteiger partial charge in [0.15, 0.2) is 0 Å². The third-order valence-electron chi connectivity index (χ3n) is 8.17. The number of carbonyl (C=O) groups is 1. The minimum absolute atomic E-state index is 0.00433. The Labute approximate surface area is 225 Å². The van der Waals surface area contributed by atoms with Gasteiger partial charge in [-0.2, -0.15) is 23.3 Å². The summed E-state index contributed by atoms with van der Waals surface area (Å²) >= 11 is 0. The molecule has 2 aliphatic rings. The number of hydrogen-bond donors (Lipinski definition) is 1. The molecule has 2 aromatic heterocycles. The van der Waals surface area contributed by atoms with Crippen molar-refractivity contribution < 1.29 is 27.6 Å². The van der Waals surface area contributed by atoms with Crippen LogP contribution in [0.4, 0.5) is 13.2 Å². The highest BCUT2D eigenvalue weighted by Crippen LogP contribution is 2.38. The zero-order chi connectivity index (χ0) is 27.9. The first kappa shape index (κ1) is 27.4. The molecule has 39 heavy (non-hydrogen) atoms. The van der Waals surface area contributed by atoms with Crippen molar-refractivity contribution in [3.8, 4) is 23.0 Å². The topological polar surface area (TPSA) is 97.3 Å². The van der Waals surface area contributed by atoms with Crippen LogP contribution in [0.3, 0.4) is 0 Å². The molecular weight excluding hydrogens is 511 g/mol. The van der Waals surface area contributed by atoms with Crippen molar-refractivity contribution in [2.24, 2.45) is 18.4 Å². The minimum atomic E-state index is -4.39. The van der Waals surface area contributed by atoms with Crippen molar-refractivity contribution >= 4 is 5.97 Å². The summed E-state index contributed by atoms with van der Waals surface area (Å²) in [6.07, 6.45) is -0.799. The first-order valence-corrected chi connectivity index (χ1v) is 13.4. The summed E-state index contributed by atoms with van der Waals surface area (Å²) in [5, 5.41) is 17.8. The highest BCUT2D eigenvalue weighted by Gasteiger charge is 2.44. The van der Waals surface area contributed by atoms with E-state index in [1.807, 2.05) is 11.7 Å². The molecule has 0 spiro atoms. The summed E-state index contributed by atoms with van der Waals surface area (Å²) in [5.41, 5.74) is 4.43. The van der Waals surface area contributed by atoms with E-state index in [-0.39, 0.29) is 37.3 Å². The number of piperidine rings is 1. The molecule has 1 fully saturated rings. The fourth-order valence-corrected chi connectivity index (χ4v) is 5.88. The largest absolute Gasteiger partial charge is 0.481 e. The molecule has 210 valence electrons. The molecule has 1 aliphatic heterocycles. The van der Waals surface area contributed by atoms with Crippen molar-refractivity contribution in [1.29, 1.82) is 0 Å². The van der Waals surface area contributed by atoms with E-state index in [0.717, 1.165) is 30.5 Å². The van der Waals surface area contributed by atoms with Gasteiger partial charge in [-0.05, 0) is 80.6 Å². The fraction of sp³-hybridized carbons (Fsp3) is 0.571. The number of aliphatic carboxylic acids is 1. The average molecular weight is 546 g/mol. The molecule has 8 nitrogen and oxygen atoms in total. The molecule has 1 N–H and O–H groups in total. The van der Waals surface area contributed by atoms with Gasteiger partial charge in [-0.3, -0.25) is 14.4 Å². The molecule has 1 aromatic carbocycles. The molecule has 1 saturated heterocycles. The number of aromatic nitrogens is 4. The zero-order valence-electron chi connectivity index (χ0n) is 22.5. The van der Waals surface area contributed by atoms with Crippen LogP contribution in [0.2, 0.25) is 0 Å². The molecule has 1 unspecified atom stereocenters. The van der Waals surface area contributed by atoms with E-state index >= 15 is 0 Å². The van der Waals surface area contributed by atoms with Crippen molar-refractivity contribution in [2.45, 2.75) is 71.0 Å². The standard InChI is InChI=1S/C28H34F3N5O3/c1-27(2)11-8-20-21(16-27)35(3)33-24(20)25-32-26(39-34-25)19-6-4-17(5-7-19)14-22(28(29,30)31)36-12-9-18(10-13-36)15-23(37)38/h4-7,18,22H,8-16H2,1-3H3,(H,37,38). The Balaban J connectivity index is 1.28. The number of nitrogens with zero attached hydrogens (tertiary/aromatic N) is 5. The maximum absolute atomic E-state index is 14.0. The molecule has 5 rings (SSSR count). The number of carboxylic acids is 1. The van der Waals surface area contributed by atoms with E-state index in [9.17, 15) is 18.0 Å². The molecule has 11 heteroatoms. The second-order valence-corrected chi connectivity index (χ2v) is 11.7. The van der Waals surface area contributed by atoms with Crippen LogP contribution in [-0.2, 0) is 31.1 Å². The average Bonchev–Trinajstić information content (AvgIpc) is 3.47. The summed E-state index contributed by atoms with van der Waals surface area (Å²) in [6, 6.07) is 5.12. The molecule has 0 saturated carbocycles. The first-order chi connectivity index (χ1) is 18.4. The summed E-state index contributed by atoms with van der Waals surface area (Å²) in [7, 11) is 1.93. The quantitative estimate of drug-likeness (QED) is 0.430. The Morgan fingerprint density at radius 2 is 1.90 bits per heavy atom. The van der Waals surface area contributed by atoms with Gasteiger partial charge in [-0.25, -0.2) is 0 Å². The Morgan fingerprint density at radius 1 is 1.21 bits per heavy atom. The van der Waals surface area contributed by atoms with Crippen LogP contribution in [0.25, 0.3) is 23.0 Å². The molecule has 1 aliphatic carbocycles. The van der Waals surface area contributed by atoms with E-state index in [0.29, 0.717) is 35.7 Å². The number of carboxylic acid groups (broad SMARTS) is 1. The highest BCUT2D eigenvalue weighted by molar-refractivity contribution is 5.67. The van der Waals surface area contributed by atoms with Gasteiger partial charge >= 0.3 is 12.1 Å². The molecule has 0 amide bonds. The molecule has 1 atom stereocenters. The summed E-state index contributed by atoms with van der Waals surface area (Å²) < 4.78 is 49.4. The third kappa shape index (κ3) is 6.03. The smallest absolute Gasteiger partial charge is 0.404 e. The van der Waals surface area contributed by atoms with Crippen LogP contribution in [-0.4, -0.2) is 61.2 Å². The lowest BCUT2D eigenvalue weighted by Crippen LogP contribution is -2.50. The number of benzene rings is 1. The van der Waals surface area contributed by atoms with Gasteiger partial charge in [0.25, 0.3) is 5.89 Å². The van der Waals surface area contributed by atoms with Gasteiger partial charge in [0, 0.05) is 30.3 Å². The Hall–Kier alpha value is -3.21. The number of hydrogen-bond acceptors (Lipinski definition) is 6. The molecule has 0 bridgehead atoms. The molecule has 0 radical (unpaired) electrons. The maximum atomic E-state index is 14.0. The van der Waals surface area contributed by atoms with Crippen LogP contribution in [0.1, 0.15) is 56.4 Å². The predicted octanol–water partition coefficient (Wildman–Crippen LogP) is 5.31. The van der Waals surface area contributed by atoms with Gasteiger partial charge < -0.3 is 9.63 Å². The van der Waals surface area contributed by atoms with Crippen LogP contribution in [0.5, 0.6) is 0 Å². The Kier molecular flexibility index (Phi) is 7.30. The van der Waals surface area contributed by atoms with Crippen molar-refractivity contribution in [1.82, 2.24) is 24.8 Å². The van der Waals surface area contributed by atoms with Crippen LogP contribution in [0.15, 0.2) is 28.8 Å². The summed E-state index contributed by atoms with van der Waals surface area (Å²) in [4.78, 5) is 16.9. The van der Waals surface area contributed by atoms with E-state index in [2.05, 4.69) is 29.1 Å². The molecular formula is C28H34F3N5O3. The van der Waals surface area contributed by atoms with Crippen LogP contribution >= 0.6 is 0 Å².